The van der Waals surface area contributed by atoms with Gasteiger partial charge in [-0.15, -0.1) is 0 Å². The molecule has 34 heavy (non-hydrogen) atoms. The zero-order valence-electron chi connectivity index (χ0n) is 18.4. The number of anilines is 1. The third-order valence-corrected chi connectivity index (χ3v) is 7.71. The number of nitrogens with one attached hydrogen (secondary N) is 1. The van der Waals surface area contributed by atoms with Crippen LogP contribution >= 0.6 is 11.6 Å². The fourth-order valence-corrected chi connectivity index (χ4v) is 5.54. The standard InChI is InChI=1S/C25H23ClN2O5S/c1-2-33-25(30)17-7-11-21(12-8-17)27-24(29)23-15-18-5-3-4-6-19(18)16-28(23)34(31,32)22-13-9-20(26)10-14-22/h3-14,23H,2,15-16H2,1H3,(H,27,29)/t23-/m0/s1. The molecule has 176 valence electrons. The van der Waals surface area contributed by atoms with Gasteiger partial charge in [-0.3, -0.25) is 4.79 Å². The fraction of sp³-hybridized carbons (Fsp3) is 0.200. The molecule has 0 aliphatic carbocycles. The third kappa shape index (κ3) is 4.99. The number of fused-ring (bicyclic) bond motifs is 1. The lowest BCUT2D eigenvalue weighted by Crippen LogP contribution is -2.50. The maximum atomic E-state index is 13.5. The summed E-state index contributed by atoms with van der Waals surface area (Å²) in [5.41, 5.74) is 2.57. The smallest absolute Gasteiger partial charge is 0.338 e. The van der Waals surface area contributed by atoms with Crippen LogP contribution in [0, 0.1) is 0 Å². The molecule has 1 N–H and O–H groups in total. The van der Waals surface area contributed by atoms with Gasteiger partial charge in [0.15, 0.2) is 0 Å². The number of benzene rings is 3. The number of halogens is 1. The Morgan fingerprint density at radius 2 is 1.65 bits per heavy atom. The number of hydrogen-bond donors (Lipinski definition) is 1. The summed E-state index contributed by atoms with van der Waals surface area (Å²) in [5.74, 6) is -0.916. The van der Waals surface area contributed by atoms with Crippen molar-refractivity contribution < 1.29 is 22.7 Å². The van der Waals surface area contributed by atoms with Crippen LogP contribution < -0.4 is 5.32 Å². The van der Waals surface area contributed by atoms with E-state index >= 15 is 0 Å². The number of hydrogen-bond acceptors (Lipinski definition) is 5. The van der Waals surface area contributed by atoms with Gasteiger partial charge >= 0.3 is 5.97 Å². The second kappa shape index (κ2) is 9.97. The fourth-order valence-electron chi connectivity index (χ4n) is 3.85. The molecule has 1 amide bonds. The number of ether oxygens (including phenoxy) is 1. The Labute approximate surface area is 203 Å². The van der Waals surface area contributed by atoms with Crippen molar-refractivity contribution in [1.82, 2.24) is 4.31 Å². The summed E-state index contributed by atoms with van der Waals surface area (Å²) in [4.78, 5) is 25.2. The van der Waals surface area contributed by atoms with E-state index in [4.69, 9.17) is 16.3 Å². The van der Waals surface area contributed by atoms with Gasteiger partial charge < -0.3 is 10.1 Å². The van der Waals surface area contributed by atoms with Crippen molar-refractivity contribution in [2.45, 2.75) is 30.8 Å². The Bertz CT molecular complexity index is 1310. The van der Waals surface area contributed by atoms with E-state index in [1.54, 1.807) is 31.2 Å². The molecule has 0 spiro atoms. The van der Waals surface area contributed by atoms with Crippen LogP contribution in [0.15, 0.2) is 77.7 Å². The van der Waals surface area contributed by atoms with Gasteiger partial charge in [-0.05, 0) is 73.0 Å². The maximum Gasteiger partial charge on any atom is 0.338 e. The molecule has 1 aliphatic rings. The number of esters is 1. The number of nitrogens with zero attached hydrogens (tertiary/aromatic N) is 1. The van der Waals surface area contributed by atoms with Crippen LogP contribution in [0.25, 0.3) is 0 Å². The molecule has 0 saturated carbocycles. The molecule has 0 aromatic heterocycles. The van der Waals surface area contributed by atoms with Crippen molar-refractivity contribution in [2.75, 3.05) is 11.9 Å². The van der Waals surface area contributed by atoms with E-state index in [-0.39, 0.29) is 24.5 Å². The minimum atomic E-state index is -3.98. The topological polar surface area (TPSA) is 92.8 Å². The molecule has 9 heteroatoms. The molecule has 1 aliphatic heterocycles. The molecule has 3 aromatic rings. The summed E-state index contributed by atoms with van der Waals surface area (Å²) in [6, 6.07) is 18.7. The lowest BCUT2D eigenvalue weighted by molar-refractivity contribution is -0.120. The Kier molecular flexibility index (Phi) is 7.02. The summed E-state index contributed by atoms with van der Waals surface area (Å²) in [6.07, 6.45) is 0.232. The highest BCUT2D eigenvalue weighted by Crippen LogP contribution is 2.30. The van der Waals surface area contributed by atoms with Gasteiger partial charge in [-0.25, -0.2) is 13.2 Å². The number of sulfonamides is 1. The molecule has 0 unspecified atom stereocenters. The third-order valence-electron chi connectivity index (χ3n) is 5.59. The normalized spacial score (nSPS) is 15.9. The van der Waals surface area contributed by atoms with Crippen molar-refractivity contribution in [3.8, 4) is 0 Å². The summed E-state index contributed by atoms with van der Waals surface area (Å²) in [5, 5.41) is 3.20. The SMILES string of the molecule is CCOC(=O)c1ccc(NC(=O)[C@@H]2Cc3ccccc3CN2S(=O)(=O)c2ccc(Cl)cc2)cc1. The Morgan fingerprint density at radius 3 is 2.29 bits per heavy atom. The molecule has 0 fully saturated rings. The second-order valence-corrected chi connectivity index (χ2v) is 10.1. The highest BCUT2D eigenvalue weighted by molar-refractivity contribution is 7.89. The van der Waals surface area contributed by atoms with Crippen LogP contribution in [-0.4, -0.2) is 37.2 Å². The summed E-state index contributed by atoms with van der Waals surface area (Å²) in [6.45, 7) is 2.05. The van der Waals surface area contributed by atoms with E-state index in [0.29, 0.717) is 16.3 Å². The van der Waals surface area contributed by atoms with Crippen molar-refractivity contribution >= 4 is 39.2 Å². The largest absolute Gasteiger partial charge is 0.462 e. The number of carbonyl (C=O) groups excluding carboxylic acids is 2. The average molecular weight is 499 g/mol. The van der Waals surface area contributed by atoms with Gasteiger partial charge in [0.1, 0.15) is 6.04 Å². The summed E-state index contributed by atoms with van der Waals surface area (Å²) < 4.78 is 33.2. The minimum Gasteiger partial charge on any atom is -0.462 e. The molecule has 7 nitrogen and oxygen atoms in total. The van der Waals surface area contributed by atoms with Crippen LogP contribution in [0.5, 0.6) is 0 Å². The molecule has 4 rings (SSSR count). The van der Waals surface area contributed by atoms with Crippen LogP contribution in [0.3, 0.4) is 0 Å². The van der Waals surface area contributed by atoms with Crippen molar-refractivity contribution in [2.24, 2.45) is 0 Å². The molecular formula is C25H23ClN2O5S. The van der Waals surface area contributed by atoms with E-state index in [0.717, 1.165) is 11.1 Å². The number of rotatable bonds is 6. The predicted octanol–water partition coefficient (Wildman–Crippen LogP) is 4.27. The van der Waals surface area contributed by atoms with E-state index in [2.05, 4.69) is 5.32 Å². The maximum absolute atomic E-state index is 13.5. The Morgan fingerprint density at radius 1 is 1.00 bits per heavy atom. The van der Waals surface area contributed by atoms with Crippen molar-refractivity contribution in [3.05, 3.63) is 94.5 Å². The summed E-state index contributed by atoms with van der Waals surface area (Å²) in [7, 11) is -3.98. The monoisotopic (exact) mass is 498 g/mol. The molecule has 0 bridgehead atoms. The van der Waals surface area contributed by atoms with E-state index in [1.165, 1.54) is 28.6 Å². The first kappa shape index (κ1) is 23.9. The van der Waals surface area contributed by atoms with E-state index < -0.39 is 27.9 Å². The molecular weight excluding hydrogens is 476 g/mol. The average Bonchev–Trinajstić information content (AvgIpc) is 2.84. The van der Waals surface area contributed by atoms with Gasteiger partial charge in [0.2, 0.25) is 15.9 Å². The molecule has 1 atom stereocenters. The van der Waals surface area contributed by atoms with Gasteiger partial charge in [-0.2, -0.15) is 4.31 Å². The lowest BCUT2D eigenvalue weighted by atomic mass is 9.95. The first-order valence-corrected chi connectivity index (χ1v) is 12.5. The predicted molar refractivity (Wildman–Crippen MR) is 129 cm³/mol. The molecule has 3 aromatic carbocycles. The summed E-state index contributed by atoms with van der Waals surface area (Å²) >= 11 is 5.93. The molecule has 0 radical (unpaired) electrons. The van der Waals surface area contributed by atoms with E-state index in [1.807, 2.05) is 24.3 Å². The zero-order chi connectivity index (χ0) is 24.3. The molecule has 1 heterocycles. The first-order chi connectivity index (χ1) is 16.3. The lowest BCUT2D eigenvalue weighted by Gasteiger charge is -2.35. The molecule has 0 saturated heterocycles. The van der Waals surface area contributed by atoms with Crippen molar-refractivity contribution in [1.29, 1.82) is 0 Å². The zero-order valence-corrected chi connectivity index (χ0v) is 20.0. The Hall–Kier alpha value is -3.20. The first-order valence-electron chi connectivity index (χ1n) is 10.7. The van der Waals surface area contributed by atoms with Crippen LogP contribution in [0.2, 0.25) is 5.02 Å². The van der Waals surface area contributed by atoms with Gasteiger partial charge in [0.25, 0.3) is 0 Å². The highest BCUT2D eigenvalue weighted by atomic mass is 35.5. The number of carbonyl (C=O) groups is 2. The minimum absolute atomic E-state index is 0.0628. The van der Waals surface area contributed by atoms with Crippen LogP contribution in [0.1, 0.15) is 28.4 Å². The van der Waals surface area contributed by atoms with E-state index in [9.17, 15) is 18.0 Å². The van der Waals surface area contributed by atoms with Gasteiger partial charge in [0, 0.05) is 17.3 Å². The Balaban J connectivity index is 1.62. The van der Waals surface area contributed by atoms with Gasteiger partial charge in [-0.1, -0.05) is 35.9 Å². The highest BCUT2D eigenvalue weighted by Gasteiger charge is 2.39. The van der Waals surface area contributed by atoms with Crippen molar-refractivity contribution in [3.63, 3.8) is 0 Å². The van der Waals surface area contributed by atoms with Crippen LogP contribution in [0.4, 0.5) is 5.69 Å². The van der Waals surface area contributed by atoms with Gasteiger partial charge in [0.05, 0.1) is 17.1 Å². The van der Waals surface area contributed by atoms with Crippen LogP contribution in [-0.2, 0) is 32.5 Å². The second-order valence-electron chi connectivity index (χ2n) is 7.78. The number of amides is 1. The quantitative estimate of drug-likeness (QED) is 0.512.